The smallest absolute Gasteiger partial charge is 0.0208 e. The van der Waals surface area contributed by atoms with Gasteiger partial charge in [0.25, 0.3) is 0 Å². The van der Waals surface area contributed by atoms with E-state index in [9.17, 15) is 0 Å². The Morgan fingerprint density at radius 1 is 0.923 bits per heavy atom. The first-order valence-corrected chi connectivity index (χ1v) is 6.18. The van der Waals surface area contributed by atoms with Crippen LogP contribution in [-0.2, 0) is 196 Å². The van der Waals surface area contributed by atoms with Crippen molar-refractivity contribution in [3.8, 4) is 0 Å². The Labute approximate surface area is 235 Å². The van der Waals surface area contributed by atoms with Crippen LogP contribution in [-0.4, -0.2) is 8.07 Å². The van der Waals surface area contributed by atoms with Crippen LogP contribution in [0.15, 0.2) is 0 Å². The van der Waals surface area contributed by atoms with E-state index < -0.39 is 8.07 Å². The summed E-state index contributed by atoms with van der Waals surface area (Å²) in [7, 11) is -0.582. The first kappa shape index (κ1) is 36.8. The van der Waals surface area contributed by atoms with Crippen LogP contribution >= 0.6 is 0 Å². The van der Waals surface area contributed by atoms with Gasteiger partial charge in [0.05, 0.1) is 0 Å². The number of hydrogen-bond donors (Lipinski definition) is 0. The van der Waals surface area contributed by atoms with E-state index in [0.29, 0.717) is 0 Å². The molecule has 1 heterocycles. The minimum absolute atomic E-state index is 0. The number of hydrogen-bond acceptors (Lipinski definition) is 0. The van der Waals surface area contributed by atoms with Gasteiger partial charge in [-0.3, -0.25) is 0 Å². The third-order valence-corrected chi connectivity index (χ3v) is 6.49. The summed E-state index contributed by atoms with van der Waals surface area (Å²) in [4.78, 5) is 0. The normalized spacial score (nSPS) is 14.3. The first-order valence-electron chi connectivity index (χ1n) is 3.06. The molecule has 0 spiro atoms. The molecule has 0 atom stereocenters. The van der Waals surface area contributed by atoms with Crippen molar-refractivity contribution in [1.29, 1.82) is 0 Å². The van der Waals surface area contributed by atoms with Gasteiger partial charge in [-0.15, -0.1) is 0 Å². The van der Waals surface area contributed by atoms with Gasteiger partial charge in [0.1, 0.15) is 0 Å². The van der Waals surface area contributed by atoms with Gasteiger partial charge in [0.2, 0.25) is 0 Å². The fraction of sp³-hybridized carbons (Fsp3) is 0.833. The summed E-state index contributed by atoms with van der Waals surface area (Å²) >= 11 is 0. The second-order valence-corrected chi connectivity index (χ2v) is 8.04. The molecule has 0 aromatic heterocycles. The molecule has 13 heavy (non-hydrogen) atoms. The minimum Gasteiger partial charge on any atom is -0.346 e. The molecule has 1 aliphatic rings. The van der Waals surface area contributed by atoms with E-state index in [2.05, 4.69) is 13.5 Å². The van der Waals surface area contributed by atoms with Crippen LogP contribution in [0.1, 0.15) is 6.42 Å². The molecule has 0 aromatic carbocycles. The summed E-state index contributed by atoms with van der Waals surface area (Å²) in [5.41, 5.74) is 0. The second kappa shape index (κ2) is 21.1. The molecule has 0 nitrogen and oxygen atoms in total. The molecule has 1 aliphatic heterocycles. The predicted octanol–water partition coefficient (Wildman–Crippen LogP) is 2.29. The Hall–Kier alpha value is 6.84. The summed E-state index contributed by atoms with van der Waals surface area (Å²) in [6.07, 6.45) is 1.50. The predicted molar refractivity (Wildman–Crippen MR) is 36.0 cm³/mol. The minimum atomic E-state index is -0.582. The molecule has 0 saturated carbocycles. The molecule has 0 bridgehead atoms. The molecule has 1 saturated heterocycles. The Morgan fingerprint density at radius 2 is 1.23 bits per heavy atom. The summed E-state index contributed by atoms with van der Waals surface area (Å²) in [5.74, 6) is 0. The molecule has 0 amide bonds. The molecule has 0 aromatic rings. The van der Waals surface area contributed by atoms with Crippen LogP contribution in [0.3, 0.4) is 0 Å². The van der Waals surface area contributed by atoms with E-state index in [1.54, 1.807) is 12.1 Å². The maximum Gasteiger partial charge on any atom is 0.0208 e. The van der Waals surface area contributed by atoms with Gasteiger partial charge in [-0.1, -0.05) is 25.1 Å². The Morgan fingerprint density at radius 3 is 1.23 bits per heavy atom. The van der Waals surface area contributed by atoms with Crippen molar-refractivity contribution in [3.63, 3.8) is 0 Å². The van der Waals surface area contributed by atoms with Crippen molar-refractivity contribution in [2.75, 3.05) is 0 Å². The summed E-state index contributed by atoms with van der Waals surface area (Å²) in [6, 6.07) is 4.38. The molecule has 1 rings (SSSR count). The molecule has 6 radical (unpaired) electrons. The van der Waals surface area contributed by atoms with Crippen molar-refractivity contribution in [3.05, 3.63) is 6.92 Å². The molecular formula is C6H13SiY6-. The first-order chi connectivity index (χ1) is 3.27. The van der Waals surface area contributed by atoms with Gasteiger partial charge < -0.3 is 6.92 Å². The Bertz CT molecular complexity index is 72.0. The quantitative estimate of drug-likeness (QED) is 0.303. The fourth-order valence-corrected chi connectivity index (χ4v) is 3.09. The van der Waals surface area contributed by atoms with E-state index in [4.69, 9.17) is 0 Å². The van der Waals surface area contributed by atoms with Crippen molar-refractivity contribution in [1.82, 2.24) is 0 Å². The molecule has 0 aliphatic carbocycles. The van der Waals surface area contributed by atoms with Crippen LogP contribution in [0.2, 0.25) is 24.7 Å². The van der Waals surface area contributed by atoms with Gasteiger partial charge in [-0.05, 0) is 0 Å². The van der Waals surface area contributed by atoms with Crippen molar-refractivity contribution >= 4 is 8.07 Å². The van der Waals surface area contributed by atoms with E-state index >= 15 is 0 Å². The maximum absolute atomic E-state index is 3.94. The summed E-state index contributed by atoms with van der Waals surface area (Å²) in [5, 5.41) is 0. The maximum atomic E-state index is 3.94. The van der Waals surface area contributed by atoms with Crippen LogP contribution in [0.5, 0.6) is 0 Å². The van der Waals surface area contributed by atoms with Crippen LogP contribution < -0.4 is 0 Å². The van der Waals surface area contributed by atoms with Crippen molar-refractivity contribution in [2.45, 2.75) is 31.1 Å². The van der Waals surface area contributed by atoms with Gasteiger partial charge in [0, 0.05) is 204 Å². The van der Waals surface area contributed by atoms with E-state index in [1.807, 2.05) is 0 Å². The van der Waals surface area contributed by atoms with E-state index in [1.165, 1.54) is 12.5 Å². The Balaban J connectivity index is -0.0000000204. The van der Waals surface area contributed by atoms with E-state index in [0.717, 1.165) is 0 Å². The second-order valence-electron chi connectivity index (χ2n) is 2.91. The van der Waals surface area contributed by atoms with E-state index in [-0.39, 0.29) is 196 Å². The molecule has 0 unspecified atom stereocenters. The monoisotopic (exact) mass is 647 g/mol. The van der Waals surface area contributed by atoms with Crippen molar-refractivity contribution in [2.24, 2.45) is 0 Å². The molecule has 1 fully saturated rings. The Kier molecular flexibility index (Phi) is 59.8. The zero-order valence-electron chi connectivity index (χ0n) is 8.50. The topological polar surface area (TPSA) is 0 Å². The molecule has 0 N–H and O–H groups in total. The SMILES string of the molecule is [CH2-]C[Si]1(C)CCC1.[Y].[Y].[Y].[Y].[Y].[Y]. The van der Waals surface area contributed by atoms with Gasteiger partial charge >= 0.3 is 0 Å². The average Bonchev–Trinajstić information content (AvgIpc) is 1.61. The largest absolute Gasteiger partial charge is 0.346 e. The van der Waals surface area contributed by atoms with Crippen LogP contribution in [0, 0.1) is 6.92 Å². The van der Waals surface area contributed by atoms with Crippen LogP contribution in [0.25, 0.3) is 0 Å². The van der Waals surface area contributed by atoms with Crippen LogP contribution in [0.4, 0.5) is 0 Å². The fourth-order valence-electron chi connectivity index (χ4n) is 1.03. The zero-order valence-corrected chi connectivity index (χ0v) is 26.5. The van der Waals surface area contributed by atoms with Gasteiger partial charge in [-0.2, -0.15) is 6.04 Å². The molecule has 7 heteroatoms. The van der Waals surface area contributed by atoms with Gasteiger partial charge in [-0.25, -0.2) is 0 Å². The van der Waals surface area contributed by atoms with Gasteiger partial charge in [0.15, 0.2) is 0 Å². The molecular weight excluding hydrogens is 634 g/mol. The third-order valence-electron chi connectivity index (χ3n) is 2.16. The third kappa shape index (κ3) is 16.8. The zero-order chi connectivity index (χ0) is 5.33. The summed E-state index contributed by atoms with van der Waals surface area (Å²) in [6.45, 7) is 6.40. The number of rotatable bonds is 1. The summed E-state index contributed by atoms with van der Waals surface area (Å²) < 4.78 is 0. The standard InChI is InChI=1S/C6H13Si.6Y/c1-3-7(2)5-4-6-7;;;;;;/h1,3-6H2,2H3;;;;;;/q-1;;;;;;. The van der Waals surface area contributed by atoms with Crippen molar-refractivity contribution < 1.29 is 196 Å². The average molecular weight is 647 g/mol. The molecule has 60 valence electrons.